The third-order valence-corrected chi connectivity index (χ3v) is 5.73. The minimum Gasteiger partial charge on any atom is -0.494 e. The number of halogens is 1. The van der Waals surface area contributed by atoms with Gasteiger partial charge < -0.3 is 15.0 Å². The van der Waals surface area contributed by atoms with Crippen molar-refractivity contribution in [1.82, 2.24) is 10.2 Å². The van der Waals surface area contributed by atoms with Crippen LogP contribution < -0.4 is 10.1 Å². The van der Waals surface area contributed by atoms with Gasteiger partial charge in [-0.25, -0.2) is 0 Å². The van der Waals surface area contributed by atoms with Gasteiger partial charge in [-0.3, -0.25) is 9.59 Å². The van der Waals surface area contributed by atoms with Gasteiger partial charge in [0.1, 0.15) is 11.8 Å². The molecule has 0 saturated carbocycles. The van der Waals surface area contributed by atoms with Crippen LogP contribution in [0.5, 0.6) is 5.75 Å². The molecule has 0 heterocycles. The largest absolute Gasteiger partial charge is 0.494 e. The Morgan fingerprint density at radius 2 is 1.58 bits per heavy atom. The zero-order valence-corrected chi connectivity index (χ0v) is 19.5. The lowest BCUT2D eigenvalue weighted by molar-refractivity contribution is -0.141. The summed E-state index contributed by atoms with van der Waals surface area (Å²) in [7, 11) is 1.59. The first kappa shape index (κ1) is 24.3. The predicted octanol–water partition coefficient (Wildman–Crippen LogP) is 4.89. The normalized spacial score (nSPS) is 11.5. The maximum absolute atomic E-state index is 13.4. The number of nitrogens with one attached hydrogen (secondary N) is 1. The summed E-state index contributed by atoms with van der Waals surface area (Å²) >= 11 is 6.39. The number of carbonyl (C=O) groups is 2. The fourth-order valence-corrected chi connectivity index (χ4v) is 3.80. The molecule has 0 aliphatic carbocycles. The molecule has 3 aromatic rings. The highest BCUT2D eigenvalue weighted by molar-refractivity contribution is 6.31. The molecule has 1 atom stereocenters. The first-order chi connectivity index (χ1) is 16.1. The SMILES string of the molecule is CNC(=O)C(Cc1ccccc1)N(Cc1ccccc1Cl)C(=O)CCCOc1ccccc1. The molecule has 0 fully saturated rings. The second-order valence-electron chi connectivity index (χ2n) is 7.70. The van der Waals surface area contributed by atoms with Gasteiger partial charge in [0.2, 0.25) is 11.8 Å². The molecule has 0 aromatic heterocycles. The minimum atomic E-state index is -0.656. The van der Waals surface area contributed by atoms with Crippen LogP contribution in [0.15, 0.2) is 84.9 Å². The maximum atomic E-state index is 13.4. The van der Waals surface area contributed by atoms with Crippen LogP contribution in [0.3, 0.4) is 0 Å². The predicted molar refractivity (Wildman–Crippen MR) is 131 cm³/mol. The maximum Gasteiger partial charge on any atom is 0.242 e. The molecule has 0 saturated heterocycles. The van der Waals surface area contributed by atoms with E-state index in [0.717, 1.165) is 16.9 Å². The third kappa shape index (κ3) is 7.36. The van der Waals surface area contributed by atoms with Gasteiger partial charge in [0.25, 0.3) is 0 Å². The van der Waals surface area contributed by atoms with E-state index in [1.807, 2.05) is 78.9 Å². The average molecular weight is 465 g/mol. The van der Waals surface area contributed by atoms with Gasteiger partial charge >= 0.3 is 0 Å². The van der Waals surface area contributed by atoms with Gasteiger partial charge in [0.05, 0.1) is 6.61 Å². The Morgan fingerprint density at radius 1 is 0.939 bits per heavy atom. The monoisotopic (exact) mass is 464 g/mol. The topological polar surface area (TPSA) is 58.6 Å². The van der Waals surface area contributed by atoms with Gasteiger partial charge in [0, 0.05) is 31.5 Å². The van der Waals surface area contributed by atoms with Crippen LogP contribution >= 0.6 is 11.6 Å². The number of benzene rings is 3. The van der Waals surface area contributed by atoms with E-state index in [1.165, 1.54) is 0 Å². The summed E-state index contributed by atoms with van der Waals surface area (Å²) in [5.74, 6) is 0.445. The molecule has 3 rings (SSSR count). The van der Waals surface area contributed by atoms with Crippen LogP contribution in [0, 0.1) is 0 Å². The summed E-state index contributed by atoms with van der Waals surface area (Å²) in [4.78, 5) is 27.9. The molecule has 0 bridgehead atoms. The molecule has 0 aliphatic rings. The number of amides is 2. The zero-order chi connectivity index (χ0) is 23.5. The quantitative estimate of drug-likeness (QED) is 0.411. The molecular formula is C27H29ClN2O3. The Labute approximate surface area is 200 Å². The van der Waals surface area contributed by atoms with Crippen molar-refractivity contribution in [1.29, 1.82) is 0 Å². The van der Waals surface area contributed by atoms with Gasteiger partial charge in [-0.2, -0.15) is 0 Å². The van der Waals surface area contributed by atoms with Gasteiger partial charge in [-0.05, 0) is 35.7 Å². The average Bonchev–Trinajstić information content (AvgIpc) is 2.85. The van der Waals surface area contributed by atoms with E-state index < -0.39 is 6.04 Å². The van der Waals surface area contributed by atoms with Crippen LogP contribution in [0.25, 0.3) is 0 Å². The number of nitrogens with zero attached hydrogens (tertiary/aromatic N) is 1. The molecule has 2 amide bonds. The lowest BCUT2D eigenvalue weighted by atomic mass is 10.0. The summed E-state index contributed by atoms with van der Waals surface area (Å²) in [6.45, 7) is 0.669. The van der Waals surface area contributed by atoms with E-state index in [1.54, 1.807) is 18.0 Å². The number of hydrogen-bond donors (Lipinski definition) is 1. The molecule has 0 radical (unpaired) electrons. The summed E-state index contributed by atoms with van der Waals surface area (Å²) < 4.78 is 5.73. The highest BCUT2D eigenvalue weighted by atomic mass is 35.5. The van der Waals surface area contributed by atoms with E-state index in [9.17, 15) is 9.59 Å². The molecule has 33 heavy (non-hydrogen) atoms. The number of rotatable bonds is 11. The molecular weight excluding hydrogens is 436 g/mol. The third-order valence-electron chi connectivity index (χ3n) is 5.36. The molecule has 1 N–H and O–H groups in total. The number of carbonyl (C=O) groups excluding carboxylic acids is 2. The van der Waals surface area contributed by atoms with Crippen LogP contribution in [0.2, 0.25) is 5.02 Å². The van der Waals surface area contributed by atoms with Crippen molar-refractivity contribution in [3.05, 3.63) is 101 Å². The van der Waals surface area contributed by atoms with Crippen molar-refractivity contribution in [3.8, 4) is 5.75 Å². The van der Waals surface area contributed by atoms with E-state index in [-0.39, 0.29) is 24.8 Å². The second kappa shape index (κ2) is 12.7. The number of hydrogen-bond acceptors (Lipinski definition) is 3. The summed E-state index contributed by atoms with van der Waals surface area (Å²) in [5, 5.41) is 3.29. The molecule has 0 aliphatic heterocycles. The summed E-state index contributed by atoms with van der Waals surface area (Å²) in [6, 6.07) is 25.9. The first-order valence-electron chi connectivity index (χ1n) is 11.0. The molecule has 0 spiro atoms. The van der Waals surface area contributed by atoms with Crippen LogP contribution in [0.1, 0.15) is 24.0 Å². The van der Waals surface area contributed by atoms with E-state index in [2.05, 4.69) is 5.32 Å². The standard InChI is InChI=1S/C27H29ClN2O3/c1-29-27(32)25(19-21-11-4-2-5-12-21)30(20-22-13-8-9-16-24(22)28)26(31)17-10-18-33-23-14-6-3-7-15-23/h2-9,11-16,25H,10,17-20H2,1H3,(H,29,32). The second-order valence-corrected chi connectivity index (χ2v) is 8.11. The fraction of sp³-hybridized carbons (Fsp3) is 0.259. The fourth-order valence-electron chi connectivity index (χ4n) is 3.60. The van der Waals surface area contributed by atoms with Gasteiger partial charge in [-0.1, -0.05) is 78.3 Å². The zero-order valence-electron chi connectivity index (χ0n) is 18.7. The van der Waals surface area contributed by atoms with Gasteiger partial charge in [0.15, 0.2) is 0 Å². The lowest BCUT2D eigenvalue weighted by Crippen LogP contribution is -2.49. The Morgan fingerprint density at radius 3 is 2.24 bits per heavy atom. The number of likely N-dealkylation sites (N-methyl/N-ethyl adjacent to an activating group) is 1. The van der Waals surface area contributed by atoms with Crippen LogP contribution in [0.4, 0.5) is 0 Å². The lowest BCUT2D eigenvalue weighted by Gasteiger charge is -2.31. The highest BCUT2D eigenvalue weighted by Gasteiger charge is 2.29. The highest BCUT2D eigenvalue weighted by Crippen LogP contribution is 2.21. The Hall–Kier alpha value is -3.31. The Bertz CT molecular complexity index is 1030. The van der Waals surface area contributed by atoms with E-state index in [4.69, 9.17) is 16.3 Å². The van der Waals surface area contributed by atoms with Crippen LogP contribution in [-0.4, -0.2) is 36.4 Å². The minimum absolute atomic E-state index is 0.115. The molecule has 5 nitrogen and oxygen atoms in total. The van der Waals surface area contributed by atoms with E-state index in [0.29, 0.717) is 24.5 Å². The summed E-state index contributed by atoms with van der Waals surface area (Å²) in [6.07, 6.45) is 1.22. The molecule has 6 heteroatoms. The Kier molecular flexibility index (Phi) is 9.33. The van der Waals surface area contributed by atoms with Crippen molar-refractivity contribution in [2.45, 2.75) is 31.8 Å². The first-order valence-corrected chi connectivity index (χ1v) is 11.4. The summed E-state index contributed by atoms with van der Waals surface area (Å²) in [5.41, 5.74) is 1.78. The van der Waals surface area contributed by atoms with Crippen molar-refractivity contribution in [3.63, 3.8) is 0 Å². The number of ether oxygens (including phenoxy) is 1. The smallest absolute Gasteiger partial charge is 0.242 e. The van der Waals surface area contributed by atoms with Crippen molar-refractivity contribution < 1.29 is 14.3 Å². The van der Waals surface area contributed by atoms with E-state index >= 15 is 0 Å². The molecule has 1 unspecified atom stereocenters. The Balaban J connectivity index is 1.76. The van der Waals surface area contributed by atoms with Crippen molar-refractivity contribution in [2.75, 3.05) is 13.7 Å². The van der Waals surface area contributed by atoms with Gasteiger partial charge in [-0.15, -0.1) is 0 Å². The van der Waals surface area contributed by atoms with Crippen molar-refractivity contribution >= 4 is 23.4 Å². The van der Waals surface area contributed by atoms with Crippen molar-refractivity contribution in [2.24, 2.45) is 0 Å². The molecule has 172 valence electrons. The number of para-hydroxylation sites is 1. The van der Waals surface area contributed by atoms with Crippen LogP contribution in [-0.2, 0) is 22.6 Å². The molecule has 3 aromatic carbocycles.